The Morgan fingerprint density at radius 1 is 0.613 bits per heavy atom. The fourth-order valence-electron chi connectivity index (χ4n) is 4.37. The number of rotatable bonds is 18. The van der Waals surface area contributed by atoms with Crippen LogP contribution in [0.5, 0.6) is 0 Å². The number of hydrogen-bond acceptors (Lipinski definition) is 1. The molecule has 2 rings (SSSR count). The van der Waals surface area contributed by atoms with Gasteiger partial charge in [0, 0.05) is 24.2 Å². The van der Waals surface area contributed by atoms with Crippen LogP contribution in [-0.2, 0) is 13.1 Å². The summed E-state index contributed by atoms with van der Waals surface area (Å²) < 4.78 is 2.26. The Bertz CT molecular complexity index is 667. The fourth-order valence-corrected chi connectivity index (χ4v) is 4.37. The molecule has 0 aliphatic rings. The molecule has 0 atom stereocenters. The number of hydrogen-bond donors (Lipinski definition) is 0. The summed E-state index contributed by atoms with van der Waals surface area (Å²) in [4.78, 5) is 2.49. The van der Waals surface area contributed by atoms with Gasteiger partial charge in [-0.15, -0.1) is 0 Å². The van der Waals surface area contributed by atoms with Crippen molar-refractivity contribution >= 4 is 0 Å². The molecule has 1 heterocycles. The lowest BCUT2D eigenvalue weighted by Gasteiger charge is -2.18. The van der Waals surface area contributed by atoms with E-state index in [9.17, 15) is 0 Å². The summed E-state index contributed by atoms with van der Waals surface area (Å²) in [7, 11) is 2.27. The molecule has 0 bridgehead atoms. The Morgan fingerprint density at radius 2 is 1.13 bits per heavy atom. The second kappa shape index (κ2) is 17.0. The van der Waals surface area contributed by atoms with Gasteiger partial charge in [-0.1, -0.05) is 114 Å². The summed E-state index contributed by atoms with van der Waals surface area (Å²) >= 11 is 0. The molecule has 2 heteroatoms. The molecule has 31 heavy (non-hydrogen) atoms. The first-order valence-electron chi connectivity index (χ1n) is 13.0. The topological polar surface area (TPSA) is 7.12 Å². The molecule has 0 saturated carbocycles. The van der Waals surface area contributed by atoms with Crippen LogP contribution in [0.3, 0.4) is 0 Å². The summed E-state index contributed by atoms with van der Waals surface area (Å²) in [6, 6.07) is 15.2. The molecule has 2 aromatic rings. The van der Waals surface area contributed by atoms with E-state index in [-0.39, 0.29) is 0 Å². The van der Waals surface area contributed by atoms with Gasteiger partial charge in [0.2, 0.25) is 0 Å². The number of benzene rings is 1. The molecule has 0 radical (unpaired) electrons. The molecule has 1 aromatic heterocycles. The van der Waals surface area contributed by atoms with Crippen LogP contribution in [-0.4, -0.2) is 18.5 Å². The third-order valence-corrected chi connectivity index (χ3v) is 6.33. The van der Waals surface area contributed by atoms with Gasteiger partial charge in [-0.2, -0.15) is 0 Å². The van der Waals surface area contributed by atoms with Gasteiger partial charge in [-0.3, -0.25) is 0 Å². The van der Waals surface area contributed by atoms with Crippen LogP contribution >= 0.6 is 0 Å². The van der Waals surface area contributed by atoms with Crippen molar-refractivity contribution < 1.29 is 4.57 Å². The SMILES string of the molecule is CCCCCCCCCCCCCCCN(C)Cc1ccccc1C[n+]1ccccc1. The highest BCUT2D eigenvalue weighted by Gasteiger charge is 2.09. The van der Waals surface area contributed by atoms with E-state index in [1.54, 1.807) is 0 Å². The highest BCUT2D eigenvalue weighted by Crippen LogP contribution is 2.14. The first-order valence-corrected chi connectivity index (χ1v) is 13.0. The summed E-state index contributed by atoms with van der Waals surface area (Å²) in [5.74, 6) is 0. The maximum atomic E-state index is 2.49. The molecular formula is C29H47N2+. The maximum absolute atomic E-state index is 2.49. The van der Waals surface area contributed by atoms with Crippen molar-refractivity contribution in [3.63, 3.8) is 0 Å². The fraction of sp³-hybridized carbons (Fsp3) is 0.621. The average Bonchev–Trinajstić information content (AvgIpc) is 2.79. The number of nitrogens with zero attached hydrogens (tertiary/aromatic N) is 2. The maximum Gasteiger partial charge on any atom is 0.174 e. The van der Waals surface area contributed by atoms with E-state index >= 15 is 0 Å². The first kappa shape index (κ1) is 25.6. The van der Waals surface area contributed by atoms with E-state index in [1.165, 1.54) is 101 Å². The molecule has 0 saturated heterocycles. The van der Waals surface area contributed by atoms with Crippen molar-refractivity contribution in [2.75, 3.05) is 13.6 Å². The van der Waals surface area contributed by atoms with Crippen LogP contribution in [0.1, 0.15) is 102 Å². The second-order valence-corrected chi connectivity index (χ2v) is 9.30. The van der Waals surface area contributed by atoms with Crippen LogP contribution in [0, 0.1) is 0 Å². The molecule has 0 unspecified atom stereocenters. The highest BCUT2D eigenvalue weighted by molar-refractivity contribution is 5.26. The lowest BCUT2D eigenvalue weighted by molar-refractivity contribution is -0.688. The smallest absolute Gasteiger partial charge is 0.174 e. The molecule has 0 aliphatic carbocycles. The zero-order chi connectivity index (χ0) is 22.0. The van der Waals surface area contributed by atoms with Crippen molar-refractivity contribution in [2.24, 2.45) is 0 Å². The molecule has 1 aromatic carbocycles. The summed E-state index contributed by atoms with van der Waals surface area (Å²) in [5.41, 5.74) is 2.88. The van der Waals surface area contributed by atoms with Gasteiger partial charge in [-0.25, -0.2) is 4.57 Å². The Morgan fingerprint density at radius 3 is 1.71 bits per heavy atom. The molecule has 0 N–H and O–H groups in total. The van der Waals surface area contributed by atoms with Crippen molar-refractivity contribution in [2.45, 2.75) is 103 Å². The van der Waals surface area contributed by atoms with Crippen molar-refractivity contribution in [3.05, 3.63) is 66.0 Å². The van der Waals surface area contributed by atoms with E-state index in [0.717, 1.165) is 13.1 Å². The molecular weight excluding hydrogens is 376 g/mol. The largest absolute Gasteiger partial charge is 0.302 e. The normalized spacial score (nSPS) is 11.3. The Hall–Kier alpha value is -1.67. The number of pyridine rings is 1. The summed E-state index contributed by atoms with van der Waals surface area (Å²) in [5, 5.41) is 0. The average molecular weight is 424 g/mol. The molecule has 0 aliphatic heterocycles. The van der Waals surface area contributed by atoms with Gasteiger partial charge in [-0.05, 0) is 25.6 Å². The van der Waals surface area contributed by atoms with Crippen LogP contribution in [0.25, 0.3) is 0 Å². The number of unbranched alkanes of at least 4 members (excludes halogenated alkanes) is 12. The van der Waals surface area contributed by atoms with Gasteiger partial charge >= 0.3 is 0 Å². The third-order valence-electron chi connectivity index (χ3n) is 6.33. The van der Waals surface area contributed by atoms with E-state index in [0.29, 0.717) is 0 Å². The van der Waals surface area contributed by atoms with Crippen LogP contribution in [0.4, 0.5) is 0 Å². The quantitative estimate of drug-likeness (QED) is 0.177. The Labute approximate surface area is 192 Å². The predicted molar refractivity (Wildman–Crippen MR) is 134 cm³/mol. The zero-order valence-corrected chi connectivity index (χ0v) is 20.4. The highest BCUT2D eigenvalue weighted by atomic mass is 15.1. The lowest BCUT2D eigenvalue weighted by Crippen LogP contribution is -2.33. The van der Waals surface area contributed by atoms with E-state index in [4.69, 9.17) is 0 Å². The van der Waals surface area contributed by atoms with Crippen molar-refractivity contribution in [3.8, 4) is 0 Å². The minimum absolute atomic E-state index is 0.948. The second-order valence-electron chi connectivity index (χ2n) is 9.30. The van der Waals surface area contributed by atoms with Crippen LogP contribution in [0.2, 0.25) is 0 Å². The first-order chi connectivity index (χ1) is 15.3. The van der Waals surface area contributed by atoms with Gasteiger partial charge in [0.25, 0.3) is 0 Å². The van der Waals surface area contributed by atoms with E-state index < -0.39 is 0 Å². The standard InChI is InChI=1S/C29H47N2/c1-3-4-5-6-7-8-9-10-11-12-13-14-18-23-30(2)26-28-21-16-17-22-29(28)27-31-24-19-15-20-25-31/h15-17,19-22,24-25H,3-14,18,23,26-27H2,1-2H3/q+1. The van der Waals surface area contributed by atoms with Crippen LogP contribution in [0.15, 0.2) is 54.9 Å². The molecule has 0 spiro atoms. The zero-order valence-electron chi connectivity index (χ0n) is 20.4. The molecule has 0 fully saturated rings. The van der Waals surface area contributed by atoms with Crippen molar-refractivity contribution in [1.29, 1.82) is 0 Å². The van der Waals surface area contributed by atoms with Crippen LogP contribution < -0.4 is 4.57 Å². The van der Waals surface area contributed by atoms with E-state index in [1.807, 2.05) is 0 Å². The Kier molecular flexibility index (Phi) is 14.0. The Balaban J connectivity index is 1.52. The lowest BCUT2D eigenvalue weighted by atomic mass is 10.0. The van der Waals surface area contributed by atoms with Gasteiger partial charge in [0.15, 0.2) is 18.9 Å². The summed E-state index contributed by atoms with van der Waals surface area (Å²) in [6.45, 7) is 5.49. The van der Waals surface area contributed by atoms with Gasteiger partial charge in [0.1, 0.15) is 0 Å². The molecule has 2 nitrogen and oxygen atoms in total. The number of aromatic nitrogens is 1. The van der Waals surface area contributed by atoms with E-state index in [2.05, 4.69) is 78.3 Å². The third kappa shape index (κ3) is 12.1. The monoisotopic (exact) mass is 423 g/mol. The minimum atomic E-state index is 0.948. The minimum Gasteiger partial charge on any atom is -0.302 e. The van der Waals surface area contributed by atoms with Gasteiger partial charge < -0.3 is 4.90 Å². The van der Waals surface area contributed by atoms with Gasteiger partial charge in [0.05, 0.1) is 0 Å². The predicted octanol–water partition coefficient (Wildman–Crippen LogP) is 7.55. The van der Waals surface area contributed by atoms with Crippen molar-refractivity contribution in [1.82, 2.24) is 4.90 Å². The molecule has 172 valence electrons. The summed E-state index contributed by atoms with van der Waals surface area (Å²) in [6.07, 6.45) is 22.8. The molecule has 0 amide bonds.